The first-order valence-corrected chi connectivity index (χ1v) is 8.26. The molecule has 2 heteroatoms. The molecule has 1 aliphatic rings. The monoisotopic (exact) mass is 268 g/mol. The molecule has 0 aromatic rings. The van der Waals surface area contributed by atoms with Gasteiger partial charge in [-0.1, -0.05) is 58.8 Å². The van der Waals surface area contributed by atoms with Crippen LogP contribution in [0, 0.1) is 11.8 Å². The highest BCUT2D eigenvalue weighted by atomic mass is 16.5. The maximum absolute atomic E-state index is 12.3. The molecule has 1 aliphatic carbocycles. The fraction of sp³-hybridized carbons (Fsp3) is 0.941. The van der Waals surface area contributed by atoms with E-state index in [-0.39, 0.29) is 6.10 Å². The molecule has 0 amide bonds. The summed E-state index contributed by atoms with van der Waals surface area (Å²) in [6.45, 7) is 4.50. The quantitative estimate of drug-likeness (QED) is 0.534. The van der Waals surface area contributed by atoms with E-state index in [1.165, 1.54) is 51.4 Å². The summed E-state index contributed by atoms with van der Waals surface area (Å²) in [7, 11) is 1.70. The number of rotatable bonds is 10. The molecule has 1 saturated carbocycles. The lowest BCUT2D eigenvalue weighted by molar-refractivity contribution is -0.132. The number of ketones is 1. The number of ether oxygens (including phenoxy) is 1. The average molecular weight is 268 g/mol. The summed E-state index contributed by atoms with van der Waals surface area (Å²) in [6.07, 6.45) is 11.7. The van der Waals surface area contributed by atoms with Crippen LogP contribution in [0.4, 0.5) is 0 Å². The third kappa shape index (κ3) is 5.64. The van der Waals surface area contributed by atoms with Gasteiger partial charge in [0.1, 0.15) is 6.10 Å². The smallest absolute Gasteiger partial charge is 0.161 e. The lowest BCUT2D eigenvalue weighted by Gasteiger charge is -2.24. The van der Waals surface area contributed by atoms with Gasteiger partial charge in [0, 0.05) is 13.5 Å². The Bertz CT molecular complexity index is 250. The summed E-state index contributed by atoms with van der Waals surface area (Å²) in [5.74, 6) is 1.47. The Morgan fingerprint density at radius 1 is 1.16 bits per heavy atom. The van der Waals surface area contributed by atoms with Crippen LogP contribution in [0.15, 0.2) is 0 Å². The van der Waals surface area contributed by atoms with Gasteiger partial charge in [-0.15, -0.1) is 0 Å². The molecule has 112 valence electrons. The summed E-state index contributed by atoms with van der Waals surface area (Å²) >= 11 is 0. The molecule has 0 bridgehead atoms. The van der Waals surface area contributed by atoms with Crippen molar-refractivity contribution < 1.29 is 9.53 Å². The maximum Gasteiger partial charge on any atom is 0.161 e. The average Bonchev–Trinajstić information content (AvgIpc) is 2.81. The van der Waals surface area contributed by atoms with Crippen molar-refractivity contribution in [3.05, 3.63) is 0 Å². The van der Waals surface area contributed by atoms with Gasteiger partial charge in [0.25, 0.3) is 0 Å². The van der Waals surface area contributed by atoms with Crippen molar-refractivity contribution in [1.29, 1.82) is 0 Å². The zero-order chi connectivity index (χ0) is 14.1. The number of carbonyl (C=O) groups excluding carboxylic acids is 1. The van der Waals surface area contributed by atoms with Crippen LogP contribution in [0.5, 0.6) is 0 Å². The standard InChI is InChI=1S/C17H32O2/c1-4-5-6-7-8-9-13-16(18)17(19-3)15-12-10-11-14(15)2/h14-15,17H,4-13H2,1-3H3. The van der Waals surface area contributed by atoms with Crippen molar-refractivity contribution in [3.8, 4) is 0 Å². The SMILES string of the molecule is CCCCCCCCC(=O)C(OC)C1CCCC1C. The van der Waals surface area contributed by atoms with Gasteiger partial charge in [0.2, 0.25) is 0 Å². The molecule has 0 aromatic carbocycles. The van der Waals surface area contributed by atoms with Gasteiger partial charge in [-0.05, 0) is 24.7 Å². The van der Waals surface area contributed by atoms with E-state index in [9.17, 15) is 4.79 Å². The molecule has 1 rings (SSSR count). The van der Waals surface area contributed by atoms with E-state index in [1.54, 1.807) is 7.11 Å². The summed E-state index contributed by atoms with van der Waals surface area (Å²) in [4.78, 5) is 12.3. The molecule has 3 atom stereocenters. The molecule has 0 spiro atoms. The van der Waals surface area contributed by atoms with Gasteiger partial charge < -0.3 is 4.74 Å². The van der Waals surface area contributed by atoms with Gasteiger partial charge >= 0.3 is 0 Å². The summed E-state index contributed by atoms with van der Waals surface area (Å²) in [5, 5.41) is 0. The van der Waals surface area contributed by atoms with Crippen LogP contribution in [-0.4, -0.2) is 19.0 Å². The first-order valence-electron chi connectivity index (χ1n) is 8.26. The highest BCUT2D eigenvalue weighted by Gasteiger charge is 2.34. The molecular weight excluding hydrogens is 236 g/mol. The zero-order valence-electron chi connectivity index (χ0n) is 13.1. The first kappa shape index (κ1) is 16.7. The van der Waals surface area contributed by atoms with Crippen molar-refractivity contribution in [3.63, 3.8) is 0 Å². The molecule has 2 nitrogen and oxygen atoms in total. The Hall–Kier alpha value is -0.370. The molecule has 0 saturated heterocycles. The minimum atomic E-state index is -0.131. The van der Waals surface area contributed by atoms with Crippen LogP contribution >= 0.6 is 0 Å². The first-order chi connectivity index (χ1) is 9.20. The van der Waals surface area contributed by atoms with Crippen LogP contribution < -0.4 is 0 Å². The number of hydrogen-bond acceptors (Lipinski definition) is 2. The van der Waals surface area contributed by atoms with E-state index in [0.29, 0.717) is 24.0 Å². The summed E-state index contributed by atoms with van der Waals surface area (Å²) in [5.41, 5.74) is 0. The van der Waals surface area contributed by atoms with E-state index in [2.05, 4.69) is 13.8 Å². The Morgan fingerprint density at radius 3 is 2.42 bits per heavy atom. The van der Waals surface area contributed by atoms with Crippen LogP contribution in [-0.2, 0) is 9.53 Å². The molecule has 3 unspecified atom stereocenters. The largest absolute Gasteiger partial charge is 0.373 e. The van der Waals surface area contributed by atoms with Crippen molar-refractivity contribution in [2.75, 3.05) is 7.11 Å². The lowest BCUT2D eigenvalue weighted by Crippen LogP contribution is -2.33. The fourth-order valence-electron chi connectivity index (χ4n) is 3.39. The Balaban J connectivity index is 2.22. The third-order valence-corrected chi connectivity index (χ3v) is 4.66. The summed E-state index contributed by atoms with van der Waals surface area (Å²) < 4.78 is 5.51. The van der Waals surface area contributed by atoms with Crippen LogP contribution in [0.1, 0.15) is 78.1 Å². The van der Waals surface area contributed by atoms with Gasteiger partial charge in [-0.2, -0.15) is 0 Å². The predicted octanol–water partition coefficient (Wildman–Crippen LogP) is 4.76. The Kier molecular flexibility index (Phi) is 8.36. The minimum Gasteiger partial charge on any atom is -0.373 e. The Morgan fingerprint density at radius 2 is 1.84 bits per heavy atom. The van der Waals surface area contributed by atoms with E-state index in [0.717, 1.165) is 6.42 Å². The van der Waals surface area contributed by atoms with Crippen molar-refractivity contribution >= 4 is 5.78 Å². The number of Topliss-reactive ketones (excluding diaryl/α,β-unsaturated/α-hetero) is 1. The molecule has 0 N–H and O–H groups in total. The van der Waals surface area contributed by atoms with Crippen LogP contribution in [0.3, 0.4) is 0 Å². The van der Waals surface area contributed by atoms with Crippen molar-refractivity contribution in [1.82, 2.24) is 0 Å². The van der Waals surface area contributed by atoms with Gasteiger partial charge in [0.05, 0.1) is 0 Å². The second-order valence-corrected chi connectivity index (χ2v) is 6.21. The van der Waals surface area contributed by atoms with E-state index in [1.807, 2.05) is 0 Å². The number of carbonyl (C=O) groups is 1. The molecule has 1 fully saturated rings. The van der Waals surface area contributed by atoms with E-state index >= 15 is 0 Å². The second kappa shape index (κ2) is 9.52. The molecule has 0 aromatic heterocycles. The number of hydrogen-bond donors (Lipinski definition) is 0. The molecule has 19 heavy (non-hydrogen) atoms. The Labute approximate surface area is 119 Å². The van der Waals surface area contributed by atoms with Crippen molar-refractivity contribution in [2.45, 2.75) is 84.2 Å². The van der Waals surface area contributed by atoms with Crippen LogP contribution in [0.25, 0.3) is 0 Å². The van der Waals surface area contributed by atoms with Gasteiger partial charge in [-0.3, -0.25) is 4.79 Å². The fourth-order valence-corrected chi connectivity index (χ4v) is 3.39. The molecule has 0 radical (unpaired) electrons. The second-order valence-electron chi connectivity index (χ2n) is 6.21. The van der Waals surface area contributed by atoms with E-state index < -0.39 is 0 Å². The van der Waals surface area contributed by atoms with Crippen LogP contribution in [0.2, 0.25) is 0 Å². The van der Waals surface area contributed by atoms with Crippen molar-refractivity contribution in [2.24, 2.45) is 11.8 Å². The maximum atomic E-state index is 12.3. The van der Waals surface area contributed by atoms with E-state index in [4.69, 9.17) is 4.74 Å². The van der Waals surface area contributed by atoms with Gasteiger partial charge in [0.15, 0.2) is 5.78 Å². The topological polar surface area (TPSA) is 26.3 Å². The predicted molar refractivity (Wildman–Crippen MR) is 80.3 cm³/mol. The highest BCUT2D eigenvalue weighted by Crippen LogP contribution is 2.35. The third-order valence-electron chi connectivity index (χ3n) is 4.66. The normalized spacial score (nSPS) is 24.6. The highest BCUT2D eigenvalue weighted by molar-refractivity contribution is 5.83. The zero-order valence-corrected chi connectivity index (χ0v) is 13.1. The van der Waals surface area contributed by atoms with Gasteiger partial charge in [-0.25, -0.2) is 0 Å². The summed E-state index contributed by atoms with van der Waals surface area (Å²) in [6, 6.07) is 0. The molecule has 0 aliphatic heterocycles. The molecule has 0 heterocycles. The lowest BCUT2D eigenvalue weighted by atomic mass is 9.88. The number of methoxy groups -OCH3 is 1. The molecular formula is C17H32O2. The minimum absolute atomic E-state index is 0.131. The number of unbranched alkanes of at least 4 members (excludes halogenated alkanes) is 5.